The molecule has 0 fully saturated rings. The molecule has 1 rings (SSSR count). The van der Waals surface area contributed by atoms with E-state index < -0.39 is 5.41 Å². The van der Waals surface area contributed by atoms with Gasteiger partial charge in [-0.3, -0.25) is 4.79 Å². The van der Waals surface area contributed by atoms with Gasteiger partial charge in [-0.2, -0.15) is 5.26 Å². The van der Waals surface area contributed by atoms with Crippen molar-refractivity contribution in [1.82, 2.24) is 4.98 Å². The van der Waals surface area contributed by atoms with Crippen molar-refractivity contribution in [1.29, 1.82) is 5.26 Å². The summed E-state index contributed by atoms with van der Waals surface area (Å²) in [5.74, 6) is 0.380. The fourth-order valence-electron chi connectivity index (χ4n) is 1.37. The van der Waals surface area contributed by atoms with Crippen LogP contribution in [0.2, 0.25) is 0 Å². The molecule has 0 aliphatic rings. The second-order valence-corrected chi connectivity index (χ2v) is 4.68. The van der Waals surface area contributed by atoms with Gasteiger partial charge in [0, 0.05) is 19.5 Å². The molecule has 1 heterocycles. The summed E-state index contributed by atoms with van der Waals surface area (Å²) in [5, 5.41) is 8.91. The van der Waals surface area contributed by atoms with Crippen molar-refractivity contribution < 1.29 is 9.53 Å². The number of pyridine rings is 1. The van der Waals surface area contributed by atoms with E-state index >= 15 is 0 Å². The Morgan fingerprint density at radius 2 is 2.22 bits per heavy atom. The van der Waals surface area contributed by atoms with E-state index in [1.54, 1.807) is 39.2 Å². The number of carbonyl (C=O) groups excluding carboxylic acids is 1. The quantitative estimate of drug-likeness (QED) is 0.816. The van der Waals surface area contributed by atoms with E-state index in [1.165, 1.54) is 12.0 Å². The van der Waals surface area contributed by atoms with Crippen LogP contribution >= 0.6 is 0 Å². The number of ether oxygens (including phenoxy) is 1. The summed E-state index contributed by atoms with van der Waals surface area (Å²) in [4.78, 5) is 17.5. The third-order valence-corrected chi connectivity index (χ3v) is 2.59. The third-order valence-electron chi connectivity index (χ3n) is 2.59. The molecule has 0 spiro atoms. The van der Waals surface area contributed by atoms with Crippen molar-refractivity contribution in [3.05, 3.63) is 18.3 Å². The highest BCUT2D eigenvalue weighted by atomic mass is 16.5. The Kier molecular flexibility index (Phi) is 4.27. The van der Waals surface area contributed by atoms with Crippen molar-refractivity contribution in [3.8, 4) is 11.9 Å². The Morgan fingerprint density at radius 1 is 1.56 bits per heavy atom. The lowest BCUT2D eigenvalue weighted by Gasteiger charge is -2.21. The number of anilines is 1. The van der Waals surface area contributed by atoms with E-state index in [-0.39, 0.29) is 12.3 Å². The van der Waals surface area contributed by atoms with Gasteiger partial charge in [-0.05, 0) is 19.9 Å². The minimum Gasteiger partial charge on any atom is -0.481 e. The lowest BCUT2D eigenvalue weighted by molar-refractivity contribution is -0.119. The molecule has 1 aromatic rings. The molecular weight excluding hydrogens is 230 g/mol. The van der Waals surface area contributed by atoms with Gasteiger partial charge >= 0.3 is 0 Å². The van der Waals surface area contributed by atoms with Gasteiger partial charge in [-0.1, -0.05) is 0 Å². The van der Waals surface area contributed by atoms with Gasteiger partial charge in [0.15, 0.2) is 0 Å². The van der Waals surface area contributed by atoms with Crippen LogP contribution in [-0.2, 0) is 4.79 Å². The molecule has 96 valence electrons. The van der Waals surface area contributed by atoms with Gasteiger partial charge in [-0.25, -0.2) is 4.98 Å². The van der Waals surface area contributed by atoms with Gasteiger partial charge in [0.25, 0.3) is 0 Å². The Bertz CT molecular complexity index is 460. The standard InChI is InChI=1S/C13H17N3O2/c1-13(2,9-14)7-12(17)16(3)10-5-6-11(18-4)15-8-10/h5-6,8H,7H2,1-4H3. The second kappa shape index (κ2) is 5.50. The zero-order chi connectivity index (χ0) is 13.8. The largest absolute Gasteiger partial charge is 0.481 e. The minimum absolute atomic E-state index is 0.117. The number of hydrogen-bond acceptors (Lipinski definition) is 4. The third kappa shape index (κ3) is 3.45. The number of aromatic nitrogens is 1. The molecule has 0 aliphatic carbocycles. The van der Waals surface area contributed by atoms with Crippen molar-refractivity contribution in [2.24, 2.45) is 5.41 Å². The summed E-state index contributed by atoms with van der Waals surface area (Å²) in [7, 11) is 3.20. The first-order valence-electron chi connectivity index (χ1n) is 5.57. The Labute approximate surface area is 107 Å². The first-order chi connectivity index (χ1) is 8.39. The van der Waals surface area contributed by atoms with Gasteiger partial charge < -0.3 is 9.64 Å². The average Bonchev–Trinajstić information content (AvgIpc) is 2.37. The van der Waals surface area contributed by atoms with Crippen molar-refractivity contribution in [2.45, 2.75) is 20.3 Å². The minimum atomic E-state index is -0.661. The molecule has 1 amide bonds. The van der Waals surface area contributed by atoms with Gasteiger partial charge in [-0.15, -0.1) is 0 Å². The number of rotatable bonds is 4. The number of nitriles is 1. The molecular formula is C13H17N3O2. The van der Waals surface area contributed by atoms with Crippen molar-refractivity contribution in [2.75, 3.05) is 19.1 Å². The first kappa shape index (κ1) is 14.0. The van der Waals surface area contributed by atoms with E-state index in [4.69, 9.17) is 10.00 Å². The molecule has 0 unspecified atom stereocenters. The van der Waals surface area contributed by atoms with Crippen LogP contribution in [-0.4, -0.2) is 25.0 Å². The van der Waals surface area contributed by atoms with Gasteiger partial charge in [0.05, 0.1) is 30.5 Å². The van der Waals surface area contributed by atoms with Crippen LogP contribution in [0, 0.1) is 16.7 Å². The molecule has 0 radical (unpaired) electrons. The van der Waals surface area contributed by atoms with Crippen LogP contribution in [0.25, 0.3) is 0 Å². The molecule has 5 heteroatoms. The maximum Gasteiger partial charge on any atom is 0.228 e. The van der Waals surface area contributed by atoms with Crippen LogP contribution in [0.15, 0.2) is 18.3 Å². The Hall–Kier alpha value is -2.09. The molecule has 1 aromatic heterocycles. The van der Waals surface area contributed by atoms with Gasteiger partial charge in [0.1, 0.15) is 0 Å². The summed E-state index contributed by atoms with van der Waals surface area (Å²) in [6.07, 6.45) is 1.74. The van der Waals surface area contributed by atoms with E-state index in [9.17, 15) is 4.79 Å². The van der Waals surface area contributed by atoms with E-state index in [2.05, 4.69) is 11.1 Å². The fourth-order valence-corrected chi connectivity index (χ4v) is 1.37. The zero-order valence-corrected chi connectivity index (χ0v) is 11.1. The molecule has 0 aromatic carbocycles. The Morgan fingerprint density at radius 3 is 2.67 bits per heavy atom. The zero-order valence-electron chi connectivity index (χ0n) is 11.1. The number of methoxy groups -OCH3 is 1. The van der Waals surface area contributed by atoms with E-state index in [0.29, 0.717) is 11.6 Å². The maximum atomic E-state index is 12.0. The number of amides is 1. The summed E-state index contributed by atoms with van der Waals surface area (Å²) >= 11 is 0. The molecule has 5 nitrogen and oxygen atoms in total. The molecule has 0 saturated carbocycles. The SMILES string of the molecule is COc1ccc(N(C)C(=O)CC(C)(C)C#N)cn1. The molecule has 0 atom stereocenters. The van der Waals surface area contributed by atoms with Crippen molar-refractivity contribution in [3.63, 3.8) is 0 Å². The lowest BCUT2D eigenvalue weighted by atomic mass is 9.91. The topological polar surface area (TPSA) is 66.2 Å². The number of nitrogens with zero attached hydrogens (tertiary/aromatic N) is 3. The fraction of sp³-hybridized carbons (Fsp3) is 0.462. The number of carbonyl (C=O) groups is 1. The summed E-state index contributed by atoms with van der Waals surface area (Å²) in [6, 6.07) is 5.56. The highest BCUT2D eigenvalue weighted by Gasteiger charge is 2.24. The molecule has 18 heavy (non-hydrogen) atoms. The molecule has 0 saturated heterocycles. The summed E-state index contributed by atoms with van der Waals surface area (Å²) in [5.41, 5.74) is 0.0140. The Balaban J connectivity index is 2.77. The predicted molar refractivity (Wildman–Crippen MR) is 68.2 cm³/mol. The molecule has 0 N–H and O–H groups in total. The van der Waals surface area contributed by atoms with Crippen LogP contribution in [0.3, 0.4) is 0 Å². The highest BCUT2D eigenvalue weighted by molar-refractivity contribution is 5.93. The summed E-state index contributed by atoms with van der Waals surface area (Å²) in [6.45, 7) is 3.48. The van der Waals surface area contributed by atoms with Crippen LogP contribution in [0.4, 0.5) is 5.69 Å². The predicted octanol–water partition coefficient (Wildman–Crippen LogP) is 1.99. The average molecular weight is 247 g/mol. The maximum absolute atomic E-state index is 12.0. The van der Waals surface area contributed by atoms with E-state index in [1.807, 2.05) is 0 Å². The summed E-state index contributed by atoms with van der Waals surface area (Å²) < 4.78 is 4.95. The second-order valence-electron chi connectivity index (χ2n) is 4.68. The molecule has 0 aliphatic heterocycles. The lowest BCUT2D eigenvalue weighted by Crippen LogP contribution is -2.30. The van der Waals surface area contributed by atoms with Gasteiger partial charge in [0.2, 0.25) is 11.8 Å². The van der Waals surface area contributed by atoms with Crippen LogP contribution in [0.1, 0.15) is 20.3 Å². The monoisotopic (exact) mass is 247 g/mol. The van der Waals surface area contributed by atoms with Crippen LogP contribution < -0.4 is 9.64 Å². The highest BCUT2D eigenvalue weighted by Crippen LogP contribution is 2.22. The first-order valence-corrected chi connectivity index (χ1v) is 5.57. The molecule has 0 bridgehead atoms. The van der Waals surface area contributed by atoms with E-state index in [0.717, 1.165) is 0 Å². The van der Waals surface area contributed by atoms with Crippen molar-refractivity contribution >= 4 is 11.6 Å². The number of hydrogen-bond donors (Lipinski definition) is 0. The normalized spacial score (nSPS) is 10.6. The smallest absolute Gasteiger partial charge is 0.228 e. The van der Waals surface area contributed by atoms with Crippen LogP contribution in [0.5, 0.6) is 5.88 Å².